The molecule has 0 fully saturated rings. The molecule has 3 rings (SSSR count). The fourth-order valence-electron chi connectivity index (χ4n) is 4.01. The Balaban J connectivity index is 2.05. The third-order valence-corrected chi connectivity index (χ3v) is 7.48. The van der Waals surface area contributed by atoms with E-state index in [1.54, 1.807) is 0 Å². The lowest BCUT2D eigenvalue weighted by atomic mass is 10.1. The maximum absolute atomic E-state index is 14.3. The summed E-state index contributed by atoms with van der Waals surface area (Å²) in [5, 5.41) is 0. The second-order valence-electron chi connectivity index (χ2n) is 8.80. The smallest absolute Gasteiger partial charge is 0.386 e. The van der Waals surface area contributed by atoms with Crippen LogP contribution in [0.25, 0.3) is 0 Å². The van der Waals surface area contributed by atoms with Gasteiger partial charge in [-0.05, 0) is 108 Å². The third kappa shape index (κ3) is 7.39. The molecule has 0 radical (unpaired) electrons. The molecule has 0 spiro atoms. The van der Waals surface area contributed by atoms with Crippen LogP contribution in [0.1, 0.15) is 74.9 Å². The van der Waals surface area contributed by atoms with Crippen LogP contribution in [0.4, 0.5) is 0 Å². The van der Waals surface area contributed by atoms with Crippen LogP contribution < -0.4 is 13.6 Å². The highest BCUT2D eigenvalue weighted by atomic mass is 31.2. The van der Waals surface area contributed by atoms with Gasteiger partial charge in [0.2, 0.25) is 0 Å². The second kappa shape index (κ2) is 12.3. The van der Waals surface area contributed by atoms with Gasteiger partial charge >= 0.3 is 7.82 Å². The van der Waals surface area contributed by atoms with Gasteiger partial charge in [-0.15, -0.1) is 0 Å². The van der Waals surface area contributed by atoms with Crippen molar-refractivity contribution in [2.45, 2.75) is 80.1 Å². The molecule has 0 aromatic heterocycles. The van der Waals surface area contributed by atoms with Gasteiger partial charge in [-0.1, -0.05) is 59.7 Å². The van der Waals surface area contributed by atoms with Crippen molar-refractivity contribution in [3.8, 4) is 17.2 Å². The standard InChI is InChI=1S/C30H39O4P/c1-7-22-13-23(8-2)17-28(16-22)32-35(31,33-29-18-24(9-3)14-25(10-4)19-29)34-30-20-26(11-5)15-27(12-6)21-30/h13-21H,7-12H2,1-6H3. The predicted octanol–water partition coefficient (Wildman–Crippen LogP) is 8.71. The Hall–Kier alpha value is -2.71. The van der Waals surface area contributed by atoms with Gasteiger partial charge in [0, 0.05) is 0 Å². The lowest BCUT2D eigenvalue weighted by Crippen LogP contribution is -2.09. The van der Waals surface area contributed by atoms with Crippen LogP contribution in [0.5, 0.6) is 17.2 Å². The van der Waals surface area contributed by atoms with Crippen molar-refractivity contribution < 1.29 is 18.1 Å². The van der Waals surface area contributed by atoms with Gasteiger partial charge in [-0.2, -0.15) is 4.57 Å². The molecule has 0 heterocycles. The van der Waals surface area contributed by atoms with E-state index in [1.165, 1.54) is 0 Å². The summed E-state index contributed by atoms with van der Waals surface area (Å²) in [5.74, 6) is 1.48. The van der Waals surface area contributed by atoms with Crippen molar-refractivity contribution in [2.75, 3.05) is 0 Å². The molecule has 188 valence electrons. The Bertz CT molecular complexity index is 972. The van der Waals surface area contributed by atoms with Crippen LogP contribution in [0.2, 0.25) is 0 Å². The van der Waals surface area contributed by atoms with Crippen molar-refractivity contribution in [1.82, 2.24) is 0 Å². The zero-order chi connectivity index (χ0) is 25.4. The summed E-state index contributed by atoms with van der Waals surface area (Å²) >= 11 is 0. The van der Waals surface area contributed by atoms with E-state index in [1.807, 2.05) is 36.4 Å². The monoisotopic (exact) mass is 494 g/mol. The normalized spacial score (nSPS) is 11.4. The first kappa shape index (κ1) is 26.9. The third-order valence-electron chi connectivity index (χ3n) is 6.18. The van der Waals surface area contributed by atoms with E-state index in [-0.39, 0.29) is 0 Å². The molecular formula is C30H39O4P. The summed E-state index contributed by atoms with van der Waals surface area (Å²) in [4.78, 5) is 0. The van der Waals surface area contributed by atoms with Crippen LogP contribution >= 0.6 is 7.82 Å². The second-order valence-corrected chi connectivity index (χ2v) is 10.2. The topological polar surface area (TPSA) is 44.8 Å². The number of benzene rings is 3. The summed E-state index contributed by atoms with van der Waals surface area (Å²) in [5.41, 5.74) is 6.71. The Kier molecular flexibility index (Phi) is 9.46. The molecule has 0 aliphatic heterocycles. The van der Waals surface area contributed by atoms with Crippen LogP contribution in [0.15, 0.2) is 54.6 Å². The summed E-state index contributed by atoms with van der Waals surface area (Å²) < 4.78 is 32.6. The van der Waals surface area contributed by atoms with E-state index in [0.29, 0.717) is 17.2 Å². The average Bonchev–Trinajstić information content (AvgIpc) is 2.87. The molecule has 4 nitrogen and oxygen atoms in total. The molecule has 0 saturated carbocycles. The lowest BCUT2D eigenvalue weighted by Gasteiger charge is -2.21. The number of phosphoric acid groups is 1. The first-order valence-corrected chi connectivity index (χ1v) is 14.4. The fraction of sp³-hybridized carbons (Fsp3) is 0.400. The van der Waals surface area contributed by atoms with Gasteiger partial charge in [0.15, 0.2) is 0 Å². The molecular weight excluding hydrogens is 455 g/mol. The van der Waals surface area contributed by atoms with Crippen molar-refractivity contribution in [1.29, 1.82) is 0 Å². The highest BCUT2D eigenvalue weighted by Gasteiger charge is 2.34. The minimum absolute atomic E-state index is 0.495. The largest absolute Gasteiger partial charge is 0.647 e. The lowest BCUT2D eigenvalue weighted by molar-refractivity contribution is 0.298. The van der Waals surface area contributed by atoms with Gasteiger partial charge in [0.05, 0.1) is 0 Å². The van der Waals surface area contributed by atoms with Crippen LogP contribution in [-0.4, -0.2) is 0 Å². The molecule has 0 aliphatic rings. The number of aryl methyl sites for hydroxylation is 6. The van der Waals surface area contributed by atoms with Crippen LogP contribution in [0.3, 0.4) is 0 Å². The molecule has 0 atom stereocenters. The zero-order valence-electron chi connectivity index (χ0n) is 22.0. The van der Waals surface area contributed by atoms with Crippen molar-refractivity contribution in [3.63, 3.8) is 0 Å². The van der Waals surface area contributed by atoms with E-state index < -0.39 is 7.82 Å². The number of hydrogen-bond acceptors (Lipinski definition) is 4. The predicted molar refractivity (Wildman–Crippen MR) is 145 cm³/mol. The molecule has 3 aromatic rings. The summed E-state index contributed by atoms with van der Waals surface area (Å²) in [6.07, 6.45) is 5.13. The van der Waals surface area contributed by atoms with E-state index in [0.717, 1.165) is 71.9 Å². The number of hydrogen-bond donors (Lipinski definition) is 0. The van der Waals surface area contributed by atoms with Gasteiger partial charge in [0.25, 0.3) is 0 Å². The maximum Gasteiger partial charge on any atom is 0.647 e. The average molecular weight is 495 g/mol. The Morgan fingerprint density at radius 2 is 0.629 bits per heavy atom. The van der Waals surface area contributed by atoms with Crippen LogP contribution in [-0.2, 0) is 43.1 Å². The zero-order valence-corrected chi connectivity index (χ0v) is 22.9. The highest BCUT2D eigenvalue weighted by Crippen LogP contribution is 2.50. The van der Waals surface area contributed by atoms with E-state index in [4.69, 9.17) is 13.6 Å². The molecule has 35 heavy (non-hydrogen) atoms. The minimum atomic E-state index is -4.07. The fourth-order valence-corrected chi connectivity index (χ4v) is 5.21. The van der Waals surface area contributed by atoms with Gasteiger partial charge in [0.1, 0.15) is 17.2 Å². The Labute approximate surface area is 211 Å². The van der Waals surface area contributed by atoms with E-state index >= 15 is 0 Å². The summed E-state index contributed by atoms with van der Waals surface area (Å²) in [6, 6.07) is 17.9. The first-order valence-electron chi connectivity index (χ1n) is 12.9. The molecule has 5 heteroatoms. The summed E-state index contributed by atoms with van der Waals surface area (Å²) in [7, 11) is -4.07. The molecule has 0 aliphatic carbocycles. The molecule has 0 N–H and O–H groups in total. The number of phosphoric ester groups is 1. The van der Waals surface area contributed by atoms with Crippen molar-refractivity contribution in [2.24, 2.45) is 0 Å². The van der Waals surface area contributed by atoms with Crippen molar-refractivity contribution >= 4 is 7.82 Å². The van der Waals surface area contributed by atoms with Gasteiger partial charge in [-0.25, -0.2) is 0 Å². The van der Waals surface area contributed by atoms with Crippen molar-refractivity contribution in [3.05, 3.63) is 88.0 Å². The van der Waals surface area contributed by atoms with Crippen LogP contribution in [0, 0.1) is 0 Å². The molecule has 0 unspecified atom stereocenters. The Morgan fingerprint density at radius 1 is 0.429 bits per heavy atom. The first-order chi connectivity index (χ1) is 16.8. The SMILES string of the molecule is CCc1cc(CC)cc(OP(=O)(Oc2cc(CC)cc(CC)c2)Oc2cc(CC)cc(CC)c2)c1. The minimum Gasteiger partial charge on any atom is -0.386 e. The van der Waals surface area contributed by atoms with Gasteiger partial charge in [-0.3, -0.25) is 0 Å². The van der Waals surface area contributed by atoms with E-state index in [9.17, 15) is 4.57 Å². The Morgan fingerprint density at radius 3 is 0.800 bits per heavy atom. The molecule has 0 bridgehead atoms. The van der Waals surface area contributed by atoms with Gasteiger partial charge < -0.3 is 13.6 Å². The van der Waals surface area contributed by atoms with E-state index in [2.05, 4.69) is 59.7 Å². The highest BCUT2D eigenvalue weighted by molar-refractivity contribution is 7.49. The summed E-state index contributed by atoms with van der Waals surface area (Å²) in [6.45, 7) is 12.6. The quantitative estimate of drug-likeness (QED) is 0.236. The molecule has 3 aromatic carbocycles. The number of rotatable bonds is 12. The molecule has 0 saturated heterocycles. The maximum atomic E-state index is 14.3. The molecule has 0 amide bonds.